The number of rotatable bonds is 4. The first kappa shape index (κ1) is 20.9. The zero-order valence-corrected chi connectivity index (χ0v) is 16.5. The van der Waals surface area contributed by atoms with Crippen LogP contribution in [0.2, 0.25) is 0 Å². The number of para-hydroxylation sites is 1. The third-order valence-corrected chi connectivity index (χ3v) is 6.09. The molecule has 2 aliphatic heterocycles. The minimum atomic E-state index is -4.25. The highest BCUT2D eigenvalue weighted by molar-refractivity contribution is 7.49. The molecule has 0 spiro atoms. The number of aliphatic hydroxyl groups is 2. The molecule has 2 aromatic rings. The van der Waals surface area contributed by atoms with Crippen LogP contribution >= 0.6 is 7.82 Å². The predicted octanol–water partition coefficient (Wildman–Crippen LogP) is 0.495. The van der Waals surface area contributed by atoms with Gasteiger partial charge in [0.2, 0.25) is 0 Å². The van der Waals surface area contributed by atoms with Crippen molar-refractivity contribution in [3.05, 3.63) is 62.4 Å². The third-order valence-electron chi connectivity index (χ3n) is 4.79. The number of alkyl halides is 1. The highest BCUT2D eigenvalue weighted by Crippen LogP contribution is 2.56. The number of fused-ring (bicyclic) bond motifs is 1. The molecule has 2 aliphatic rings. The zero-order valence-electron chi connectivity index (χ0n) is 15.6. The molecule has 1 unspecified atom stereocenters. The molecule has 1 aromatic carbocycles. The molecule has 1 fully saturated rings. The first-order valence-electron chi connectivity index (χ1n) is 8.83. The maximum absolute atomic E-state index is 15.2. The Kier molecular flexibility index (Phi) is 5.17. The molecule has 30 heavy (non-hydrogen) atoms. The summed E-state index contributed by atoms with van der Waals surface area (Å²) in [6.45, 7) is 0.491. The lowest BCUT2D eigenvalue weighted by molar-refractivity contribution is -0.205. The van der Waals surface area contributed by atoms with Crippen molar-refractivity contribution < 1.29 is 37.5 Å². The summed E-state index contributed by atoms with van der Waals surface area (Å²) < 4.78 is 49.1. The van der Waals surface area contributed by atoms with Gasteiger partial charge in [0.25, 0.3) is 11.4 Å². The van der Waals surface area contributed by atoms with Crippen LogP contribution in [0.1, 0.15) is 17.4 Å². The molecule has 3 N–H and O–H groups in total. The second-order valence-electron chi connectivity index (χ2n) is 6.90. The second-order valence-corrected chi connectivity index (χ2v) is 8.49. The summed E-state index contributed by atoms with van der Waals surface area (Å²) in [5.74, 6) is -2.76. The number of aryl methyl sites for hydroxylation is 1. The normalized spacial score (nSPS) is 33.1. The minimum Gasteiger partial charge on any atom is -0.403 e. The quantitative estimate of drug-likeness (QED) is 0.573. The van der Waals surface area contributed by atoms with Gasteiger partial charge in [0, 0.05) is 17.8 Å². The molecule has 0 aliphatic carbocycles. The third kappa shape index (κ3) is 3.62. The van der Waals surface area contributed by atoms with Gasteiger partial charge in [-0.3, -0.25) is 23.4 Å². The van der Waals surface area contributed by atoms with Crippen molar-refractivity contribution in [2.24, 2.45) is 0 Å². The average Bonchev–Trinajstić information content (AvgIpc) is 2.92. The Labute approximate surface area is 168 Å². The monoisotopic (exact) mass is 444 g/mol. The Balaban J connectivity index is 1.52. The molecule has 0 bridgehead atoms. The predicted molar refractivity (Wildman–Crippen MR) is 97.5 cm³/mol. The number of ether oxygens (including phenoxy) is 1. The van der Waals surface area contributed by atoms with E-state index < -0.39 is 50.0 Å². The van der Waals surface area contributed by atoms with Crippen LogP contribution in [-0.4, -0.2) is 44.4 Å². The highest BCUT2D eigenvalue weighted by atomic mass is 31.2. The van der Waals surface area contributed by atoms with E-state index in [0.29, 0.717) is 15.7 Å². The number of benzene rings is 1. The number of halogens is 1. The van der Waals surface area contributed by atoms with Crippen LogP contribution in [-0.2, 0) is 25.0 Å². The molecular formula is C17H18FN2O9P. The van der Waals surface area contributed by atoms with Crippen molar-refractivity contribution in [1.82, 2.24) is 9.55 Å². The van der Waals surface area contributed by atoms with Crippen LogP contribution in [0, 0.1) is 6.92 Å². The van der Waals surface area contributed by atoms with Gasteiger partial charge < -0.3 is 19.5 Å². The number of phosphoric ester groups is 1. The van der Waals surface area contributed by atoms with Crippen molar-refractivity contribution in [2.45, 2.75) is 37.8 Å². The van der Waals surface area contributed by atoms with E-state index >= 15 is 4.39 Å². The number of aliphatic hydroxyl groups excluding tert-OH is 2. The molecule has 162 valence electrons. The molecule has 4 rings (SSSR count). The van der Waals surface area contributed by atoms with Crippen LogP contribution in [0.3, 0.4) is 0 Å². The van der Waals surface area contributed by atoms with E-state index in [-0.39, 0.29) is 12.4 Å². The van der Waals surface area contributed by atoms with Crippen molar-refractivity contribution >= 4 is 7.82 Å². The summed E-state index contributed by atoms with van der Waals surface area (Å²) in [4.78, 5) is 25.0. The average molecular weight is 444 g/mol. The van der Waals surface area contributed by atoms with Crippen LogP contribution in [0.5, 0.6) is 5.75 Å². The van der Waals surface area contributed by atoms with E-state index in [9.17, 15) is 24.4 Å². The number of nitrogens with zero attached hydrogens (tertiary/aromatic N) is 1. The van der Waals surface area contributed by atoms with E-state index in [1.54, 1.807) is 25.1 Å². The van der Waals surface area contributed by atoms with Crippen molar-refractivity contribution in [1.29, 1.82) is 0 Å². The van der Waals surface area contributed by atoms with E-state index in [4.69, 9.17) is 18.3 Å². The second kappa shape index (κ2) is 7.41. The van der Waals surface area contributed by atoms with Crippen LogP contribution in [0.4, 0.5) is 4.39 Å². The molecule has 1 saturated heterocycles. The van der Waals surface area contributed by atoms with Gasteiger partial charge in [-0.2, -0.15) is 0 Å². The number of aromatic amines is 1. The molecule has 0 saturated carbocycles. The maximum Gasteiger partial charge on any atom is 0.530 e. The fourth-order valence-electron chi connectivity index (χ4n) is 3.19. The summed E-state index contributed by atoms with van der Waals surface area (Å²) in [6.07, 6.45) is -4.75. The van der Waals surface area contributed by atoms with Gasteiger partial charge >= 0.3 is 13.5 Å². The first-order valence-corrected chi connectivity index (χ1v) is 10.3. The number of aromatic nitrogens is 2. The Morgan fingerprint density at radius 3 is 2.87 bits per heavy atom. The van der Waals surface area contributed by atoms with Crippen molar-refractivity contribution in [3.8, 4) is 5.75 Å². The van der Waals surface area contributed by atoms with Gasteiger partial charge in [-0.25, -0.2) is 13.8 Å². The molecule has 0 amide bonds. The standard InChI is InChI=1S/C17H18FN2O9P/c1-9-3-2-4-10-7-26-30(25,29-13(9)10)27-8-17(18)14(23)12(22)15(28-17)20-6-5-11(21)19-16(20)24/h2-6,12,14-15,22-23H,7-8H2,1H3,(H,19,21,24)/t12-,14+,15-,17-,30?/m1/s1. The smallest absolute Gasteiger partial charge is 0.403 e. The number of hydrogen-bond donors (Lipinski definition) is 3. The number of H-pyrrole nitrogens is 1. The largest absolute Gasteiger partial charge is 0.530 e. The fraction of sp³-hybridized carbons (Fsp3) is 0.412. The van der Waals surface area contributed by atoms with Crippen LogP contribution < -0.4 is 15.8 Å². The summed E-state index contributed by atoms with van der Waals surface area (Å²) >= 11 is 0. The first-order chi connectivity index (χ1) is 14.1. The van der Waals surface area contributed by atoms with Gasteiger partial charge in [0.15, 0.2) is 6.23 Å². The lowest BCUT2D eigenvalue weighted by atomic mass is 10.1. The van der Waals surface area contributed by atoms with Crippen molar-refractivity contribution in [3.63, 3.8) is 0 Å². The molecular weight excluding hydrogens is 426 g/mol. The van der Waals surface area contributed by atoms with Gasteiger partial charge in [-0.05, 0) is 12.5 Å². The van der Waals surface area contributed by atoms with E-state index in [2.05, 4.69) is 0 Å². The fourth-order valence-corrected chi connectivity index (χ4v) is 4.49. The number of hydrogen-bond acceptors (Lipinski definition) is 9. The highest BCUT2D eigenvalue weighted by Gasteiger charge is 2.57. The number of nitrogens with one attached hydrogen (secondary N) is 1. The Morgan fingerprint density at radius 1 is 1.37 bits per heavy atom. The number of phosphoric acid groups is 1. The van der Waals surface area contributed by atoms with Gasteiger partial charge in [0.05, 0.1) is 6.61 Å². The van der Waals surface area contributed by atoms with Crippen LogP contribution in [0.15, 0.2) is 40.1 Å². The van der Waals surface area contributed by atoms with E-state index in [1.807, 2.05) is 4.98 Å². The maximum atomic E-state index is 15.2. The summed E-state index contributed by atoms with van der Waals surface area (Å²) in [6, 6.07) is 6.14. The lowest BCUT2D eigenvalue weighted by Gasteiger charge is -2.29. The Hall–Kier alpha value is -2.34. The van der Waals surface area contributed by atoms with Crippen molar-refractivity contribution in [2.75, 3.05) is 6.61 Å². The lowest BCUT2D eigenvalue weighted by Crippen LogP contribution is -2.43. The minimum absolute atomic E-state index is 0.102. The molecule has 0 radical (unpaired) electrons. The summed E-state index contributed by atoms with van der Waals surface area (Å²) in [5, 5.41) is 20.3. The molecule has 13 heteroatoms. The zero-order chi connectivity index (χ0) is 21.7. The molecule has 3 heterocycles. The molecule has 5 atom stereocenters. The summed E-state index contributed by atoms with van der Waals surface area (Å²) in [7, 11) is -4.25. The topological polar surface area (TPSA) is 149 Å². The SMILES string of the molecule is Cc1cccc2c1OP(=O)(OC[C@@]1(F)O[C@@H](n3ccc(=O)[nH]c3=O)[C@H](O)[C@@H]1O)OC2. The molecule has 11 nitrogen and oxygen atoms in total. The van der Waals surface area contributed by atoms with E-state index in [0.717, 1.165) is 12.3 Å². The Morgan fingerprint density at radius 2 is 2.13 bits per heavy atom. The summed E-state index contributed by atoms with van der Waals surface area (Å²) in [5.41, 5.74) is -0.396. The van der Waals surface area contributed by atoms with E-state index in [1.165, 1.54) is 0 Å². The van der Waals surface area contributed by atoms with Crippen LogP contribution in [0.25, 0.3) is 0 Å². The van der Waals surface area contributed by atoms with Gasteiger partial charge in [-0.1, -0.05) is 18.2 Å². The Bertz CT molecular complexity index is 1130. The van der Waals surface area contributed by atoms with Gasteiger partial charge in [-0.15, -0.1) is 0 Å². The van der Waals surface area contributed by atoms with Gasteiger partial charge in [0.1, 0.15) is 24.6 Å². The molecule has 1 aromatic heterocycles.